The number of anilines is 1. The summed E-state index contributed by atoms with van der Waals surface area (Å²) in [4.78, 5) is 23.4. The molecule has 1 aromatic carbocycles. The van der Waals surface area contributed by atoms with Gasteiger partial charge in [0.2, 0.25) is 0 Å². The van der Waals surface area contributed by atoms with Crippen molar-refractivity contribution in [3.05, 3.63) is 24.3 Å². The third kappa shape index (κ3) is 4.77. The van der Waals surface area contributed by atoms with Crippen LogP contribution in [0.4, 0.5) is 10.5 Å². The predicted octanol–water partition coefficient (Wildman–Crippen LogP) is 5.37. The number of amidine groups is 1. The number of hydrogen-bond acceptors (Lipinski definition) is 4. The molecule has 180 valence electrons. The van der Waals surface area contributed by atoms with E-state index in [1.54, 1.807) is 7.11 Å². The Kier molecular flexibility index (Phi) is 6.91. The van der Waals surface area contributed by atoms with Crippen molar-refractivity contribution in [1.29, 1.82) is 0 Å². The molecule has 4 aliphatic rings. The minimum Gasteiger partial charge on any atom is -0.497 e. The van der Waals surface area contributed by atoms with Gasteiger partial charge in [-0.15, -0.1) is 0 Å². The number of urea groups is 1. The maximum atomic E-state index is 13.5. The van der Waals surface area contributed by atoms with Crippen molar-refractivity contribution >= 4 is 17.6 Å². The van der Waals surface area contributed by atoms with Crippen molar-refractivity contribution in [3.63, 3.8) is 0 Å². The van der Waals surface area contributed by atoms with Crippen molar-refractivity contribution in [2.75, 3.05) is 31.6 Å². The number of rotatable bonds is 5. The van der Waals surface area contributed by atoms with Gasteiger partial charge in [-0.1, -0.05) is 44.6 Å². The van der Waals surface area contributed by atoms with Gasteiger partial charge in [0.25, 0.3) is 0 Å². The first-order valence-corrected chi connectivity index (χ1v) is 13.2. The molecule has 0 radical (unpaired) electrons. The van der Waals surface area contributed by atoms with Gasteiger partial charge in [0.15, 0.2) is 0 Å². The third-order valence-corrected chi connectivity index (χ3v) is 8.29. The van der Waals surface area contributed by atoms with Crippen molar-refractivity contribution in [2.24, 2.45) is 10.9 Å². The zero-order valence-corrected chi connectivity index (χ0v) is 20.2. The van der Waals surface area contributed by atoms with E-state index in [-0.39, 0.29) is 6.03 Å². The number of carbonyl (C=O) groups is 1. The maximum Gasteiger partial charge on any atom is 0.328 e. The number of benzene rings is 1. The van der Waals surface area contributed by atoms with Gasteiger partial charge in [-0.25, -0.2) is 4.79 Å². The van der Waals surface area contributed by atoms with E-state index in [1.807, 2.05) is 29.2 Å². The Morgan fingerprint density at radius 2 is 1.82 bits per heavy atom. The van der Waals surface area contributed by atoms with Crippen molar-refractivity contribution < 1.29 is 9.53 Å². The van der Waals surface area contributed by atoms with Gasteiger partial charge in [0, 0.05) is 19.2 Å². The molecule has 1 spiro atoms. The molecule has 1 aromatic rings. The fraction of sp³-hybridized carbons (Fsp3) is 0.704. The molecule has 1 N–H and O–H groups in total. The van der Waals surface area contributed by atoms with Crippen LogP contribution < -0.4 is 15.0 Å². The average molecular weight is 453 g/mol. The van der Waals surface area contributed by atoms with Crippen molar-refractivity contribution in [1.82, 2.24) is 10.2 Å². The van der Waals surface area contributed by atoms with Gasteiger partial charge in [-0.05, 0) is 63.1 Å². The summed E-state index contributed by atoms with van der Waals surface area (Å²) in [6, 6.07) is 8.24. The molecule has 0 bridgehead atoms. The van der Waals surface area contributed by atoms with E-state index in [1.165, 1.54) is 51.4 Å². The number of piperidine rings is 1. The lowest BCUT2D eigenvalue weighted by Gasteiger charge is -2.45. The zero-order chi connectivity index (χ0) is 22.7. The molecule has 2 aliphatic carbocycles. The SMILES string of the molecule is COc1cccc(N2C(=O)NC(=NC3CCCCC3)C23CCCN(CC2CCCCC2)C3)c1. The Labute approximate surface area is 198 Å². The smallest absolute Gasteiger partial charge is 0.328 e. The second-order valence-electron chi connectivity index (χ2n) is 10.6. The van der Waals surface area contributed by atoms with Gasteiger partial charge in [-0.2, -0.15) is 0 Å². The minimum absolute atomic E-state index is 0.0441. The first-order chi connectivity index (χ1) is 16.2. The molecule has 33 heavy (non-hydrogen) atoms. The Morgan fingerprint density at radius 1 is 1.06 bits per heavy atom. The van der Waals surface area contributed by atoms with Crippen LogP contribution in [0.3, 0.4) is 0 Å². The summed E-state index contributed by atoms with van der Waals surface area (Å²) in [5, 5.41) is 3.24. The minimum atomic E-state index is -0.409. The molecule has 2 amide bonds. The van der Waals surface area contributed by atoms with Crippen LogP contribution in [0.25, 0.3) is 0 Å². The van der Waals surface area contributed by atoms with Crippen LogP contribution in [0.2, 0.25) is 0 Å². The van der Waals surface area contributed by atoms with E-state index in [4.69, 9.17) is 9.73 Å². The van der Waals surface area contributed by atoms with Gasteiger partial charge in [-0.3, -0.25) is 15.2 Å². The summed E-state index contributed by atoms with van der Waals surface area (Å²) >= 11 is 0. The van der Waals surface area contributed by atoms with E-state index in [0.29, 0.717) is 6.04 Å². The molecule has 6 nitrogen and oxygen atoms in total. The maximum absolute atomic E-state index is 13.5. The normalized spacial score (nSPS) is 29.1. The molecule has 2 saturated carbocycles. The number of likely N-dealkylation sites (tertiary alicyclic amines) is 1. The lowest BCUT2D eigenvalue weighted by Crippen LogP contribution is -2.61. The molecule has 2 saturated heterocycles. The summed E-state index contributed by atoms with van der Waals surface area (Å²) in [6.45, 7) is 3.14. The van der Waals surface area contributed by atoms with Gasteiger partial charge in [0.1, 0.15) is 17.1 Å². The standard InChI is InChI=1S/C27H40N4O2/c1-33-24-15-8-14-23(18-24)31-26(32)29-25(28-22-12-6-3-7-13-22)27(31)16-9-17-30(20-27)19-21-10-4-2-5-11-21/h8,14-15,18,21-22H,2-7,9-13,16-17,19-20H2,1H3,(H,28,29,32). The molecule has 4 fully saturated rings. The molecule has 2 aliphatic heterocycles. The number of aliphatic imine (C=N–C) groups is 1. The quantitative estimate of drug-likeness (QED) is 0.653. The summed E-state index contributed by atoms with van der Waals surface area (Å²) in [5.41, 5.74) is 0.494. The van der Waals surface area contributed by atoms with Crippen molar-refractivity contribution in [3.8, 4) is 5.75 Å². The highest BCUT2D eigenvalue weighted by Gasteiger charge is 2.54. The Balaban J connectivity index is 1.48. The number of nitrogens with zero attached hydrogens (tertiary/aromatic N) is 3. The van der Waals surface area contributed by atoms with E-state index in [2.05, 4.69) is 10.2 Å². The van der Waals surface area contributed by atoms with Crippen LogP contribution in [0.5, 0.6) is 5.75 Å². The molecular weight excluding hydrogens is 412 g/mol. The lowest BCUT2D eigenvalue weighted by atomic mass is 9.84. The number of hydrogen-bond donors (Lipinski definition) is 1. The summed E-state index contributed by atoms with van der Waals surface area (Å²) in [5.74, 6) is 2.49. The highest BCUT2D eigenvalue weighted by molar-refractivity contribution is 6.19. The second kappa shape index (κ2) is 10.0. The largest absolute Gasteiger partial charge is 0.497 e. The van der Waals surface area contributed by atoms with Gasteiger partial charge in [0.05, 0.1) is 18.8 Å². The molecule has 1 unspecified atom stereocenters. The number of methoxy groups -OCH3 is 1. The predicted molar refractivity (Wildman–Crippen MR) is 133 cm³/mol. The van der Waals surface area contributed by atoms with E-state index in [9.17, 15) is 4.79 Å². The molecule has 5 rings (SSSR count). The number of ether oxygens (including phenoxy) is 1. The lowest BCUT2D eigenvalue weighted by molar-refractivity contribution is 0.145. The van der Waals surface area contributed by atoms with Crippen molar-refractivity contribution in [2.45, 2.75) is 88.6 Å². The van der Waals surface area contributed by atoms with Gasteiger partial charge >= 0.3 is 6.03 Å². The fourth-order valence-electron chi connectivity index (χ4n) is 6.62. The average Bonchev–Trinajstić information content (AvgIpc) is 3.10. The number of carbonyl (C=O) groups excluding carboxylic acids is 1. The molecule has 0 aromatic heterocycles. The van der Waals surface area contributed by atoms with Crippen LogP contribution in [-0.4, -0.2) is 55.1 Å². The van der Waals surface area contributed by atoms with E-state index in [0.717, 1.165) is 68.5 Å². The van der Waals surface area contributed by atoms with Crippen LogP contribution in [-0.2, 0) is 0 Å². The molecule has 1 atom stereocenters. The Bertz CT molecular complexity index is 859. The summed E-state index contributed by atoms with van der Waals surface area (Å²) in [6.07, 6.45) is 15.0. The zero-order valence-electron chi connectivity index (χ0n) is 20.2. The molecule has 2 heterocycles. The number of nitrogens with one attached hydrogen (secondary N) is 1. The Morgan fingerprint density at radius 3 is 2.58 bits per heavy atom. The second-order valence-corrected chi connectivity index (χ2v) is 10.6. The Hall–Kier alpha value is -2.08. The highest BCUT2D eigenvalue weighted by Crippen LogP contribution is 2.39. The van der Waals surface area contributed by atoms with Crippen LogP contribution in [0, 0.1) is 5.92 Å². The first kappa shape index (κ1) is 22.7. The number of amides is 2. The highest BCUT2D eigenvalue weighted by atomic mass is 16.5. The van der Waals surface area contributed by atoms with E-state index < -0.39 is 5.54 Å². The molecular formula is C27H40N4O2. The molecule has 6 heteroatoms. The monoisotopic (exact) mass is 452 g/mol. The fourth-order valence-corrected chi connectivity index (χ4v) is 6.62. The third-order valence-electron chi connectivity index (χ3n) is 8.29. The summed E-state index contributed by atoms with van der Waals surface area (Å²) in [7, 11) is 1.68. The van der Waals surface area contributed by atoms with Crippen LogP contribution in [0.15, 0.2) is 29.3 Å². The van der Waals surface area contributed by atoms with E-state index >= 15 is 0 Å². The first-order valence-electron chi connectivity index (χ1n) is 13.2. The van der Waals surface area contributed by atoms with Crippen LogP contribution in [0.1, 0.15) is 77.0 Å². The topological polar surface area (TPSA) is 57.2 Å². The summed E-state index contributed by atoms with van der Waals surface area (Å²) < 4.78 is 5.50. The van der Waals surface area contributed by atoms with Gasteiger partial charge < -0.3 is 9.64 Å². The van der Waals surface area contributed by atoms with Crippen LogP contribution >= 0.6 is 0 Å².